The molecule has 0 bridgehead atoms. The number of aryl methyl sites for hydroxylation is 1. The number of benzene rings is 2. The highest BCUT2D eigenvalue weighted by molar-refractivity contribution is 5.92. The lowest BCUT2D eigenvalue weighted by molar-refractivity contribution is -0.127. The number of methoxy groups -OCH3 is 2. The number of carbonyl (C=O) groups is 2. The van der Waals surface area contributed by atoms with E-state index in [1.165, 1.54) is 12.7 Å². The number of hydrogen-bond acceptors (Lipinski definition) is 5. The Morgan fingerprint density at radius 2 is 1.76 bits per heavy atom. The minimum absolute atomic E-state index is 0.0108. The summed E-state index contributed by atoms with van der Waals surface area (Å²) in [5.41, 5.74) is 7.24. The first kappa shape index (κ1) is 24.2. The maximum atomic E-state index is 12.6. The number of hydrogen-bond donors (Lipinski definition) is 1. The zero-order valence-corrected chi connectivity index (χ0v) is 19.3. The molecule has 0 aromatic heterocycles. The Morgan fingerprint density at radius 3 is 2.39 bits per heavy atom. The van der Waals surface area contributed by atoms with E-state index < -0.39 is 5.91 Å². The number of rotatable bonds is 10. The first-order chi connectivity index (χ1) is 16.0. The Labute approximate surface area is 195 Å². The number of nitrogens with zero attached hydrogens (tertiary/aromatic N) is 1. The molecule has 7 nitrogen and oxygen atoms in total. The summed E-state index contributed by atoms with van der Waals surface area (Å²) in [6.07, 6.45) is 7.58. The van der Waals surface area contributed by atoms with Crippen molar-refractivity contribution in [1.29, 1.82) is 0 Å². The van der Waals surface area contributed by atoms with E-state index >= 15 is 0 Å². The molecule has 1 fully saturated rings. The predicted octanol–water partition coefficient (Wildman–Crippen LogP) is 3.45. The molecule has 1 aliphatic rings. The molecule has 3 rings (SSSR count). The SMILES string of the molecule is COc1ccc(CCC2CCN(C(=O)/C=C/c3ccc(OCC(N)=O)c(OC)c3)CC2)cc1. The Morgan fingerprint density at radius 1 is 1.03 bits per heavy atom. The molecule has 1 aliphatic heterocycles. The normalized spacial score (nSPS) is 14.3. The van der Waals surface area contributed by atoms with E-state index in [-0.39, 0.29) is 12.5 Å². The van der Waals surface area contributed by atoms with Crippen LogP contribution in [-0.2, 0) is 16.0 Å². The number of carbonyl (C=O) groups excluding carboxylic acids is 2. The van der Waals surface area contributed by atoms with Crippen molar-refractivity contribution in [1.82, 2.24) is 4.90 Å². The summed E-state index contributed by atoms with van der Waals surface area (Å²) in [6, 6.07) is 13.5. The highest BCUT2D eigenvalue weighted by Gasteiger charge is 2.21. The van der Waals surface area contributed by atoms with Crippen molar-refractivity contribution in [2.75, 3.05) is 33.9 Å². The van der Waals surface area contributed by atoms with Gasteiger partial charge in [0.25, 0.3) is 5.91 Å². The van der Waals surface area contributed by atoms with Crippen LogP contribution in [0.25, 0.3) is 6.08 Å². The third-order valence-electron chi connectivity index (χ3n) is 5.90. The fourth-order valence-corrected chi connectivity index (χ4v) is 3.93. The second-order valence-electron chi connectivity index (χ2n) is 8.15. The quantitative estimate of drug-likeness (QED) is 0.558. The molecule has 7 heteroatoms. The monoisotopic (exact) mass is 452 g/mol. The molecular weight excluding hydrogens is 420 g/mol. The van der Waals surface area contributed by atoms with Crippen LogP contribution < -0.4 is 19.9 Å². The van der Waals surface area contributed by atoms with Crippen molar-refractivity contribution in [3.63, 3.8) is 0 Å². The van der Waals surface area contributed by atoms with Gasteiger partial charge < -0.3 is 24.8 Å². The summed E-state index contributed by atoms with van der Waals surface area (Å²) in [4.78, 5) is 25.5. The molecule has 2 aromatic rings. The van der Waals surface area contributed by atoms with Crippen LogP contribution in [0, 0.1) is 5.92 Å². The van der Waals surface area contributed by atoms with Gasteiger partial charge in [-0.1, -0.05) is 18.2 Å². The van der Waals surface area contributed by atoms with Gasteiger partial charge in [-0.15, -0.1) is 0 Å². The third kappa shape index (κ3) is 7.27. The molecule has 33 heavy (non-hydrogen) atoms. The van der Waals surface area contributed by atoms with Crippen LogP contribution in [0.5, 0.6) is 17.2 Å². The van der Waals surface area contributed by atoms with Gasteiger partial charge in [-0.3, -0.25) is 9.59 Å². The summed E-state index contributed by atoms with van der Waals surface area (Å²) in [5.74, 6) is 1.87. The van der Waals surface area contributed by atoms with Gasteiger partial charge in [0, 0.05) is 19.2 Å². The van der Waals surface area contributed by atoms with E-state index in [0.29, 0.717) is 17.4 Å². The van der Waals surface area contributed by atoms with Gasteiger partial charge in [0.1, 0.15) is 5.75 Å². The Hall–Kier alpha value is -3.48. The summed E-state index contributed by atoms with van der Waals surface area (Å²) >= 11 is 0. The van der Waals surface area contributed by atoms with Crippen LogP contribution >= 0.6 is 0 Å². The van der Waals surface area contributed by atoms with Crippen molar-refractivity contribution >= 4 is 17.9 Å². The number of primary amides is 1. The average molecular weight is 453 g/mol. The number of amides is 2. The molecule has 176 valence electrons. The maximum Gasteiger partial charge on any atom is 0.255 e. The summed E-state index contributed by atoms with van der Waals surface area (Å²) in [7, 11) is 3.19. The fraction of sp³-hybridized carbons (Fsp3) is 0.385. The number of piperidine rings is 1. The lowest BCUT2D eigenvalue weighted by atomic mass is 9.90. The molecule has 0 atom stereocenters. The van der Waals surface area contributed by atoms with Gasteiger partial charge in [-0.25, -0.2) is 0 Å². The predicted molar refractivity (Wildman–Crippen MR) is 127 cm³/mol. The molecule has 2 aromatic carbocycles. The van der Waals surface area contributed by atoms with Gasteiger partial charge in [0.2, 0.25) is 5.91 Å². The highest BCUT2D eigenvalue weighted by Crippen LogP contribution is 2.29. The minimum Gasteiger partial charge on any atom is -0.497 e. The first-order valence-electron chi connectivity index (χ1n) is 11.2. The van der Waals surface area contributed by atoms with Crippen LogP contribution in [0.3, 0.4) is 0 Å². The van der Waals surface area contributed by atoms with Gasteiger partial charge in [0.05, 0.1) is 14.2 Å². The van der Waals surface area contributed by atoms with Crippen molar-refractivity contribution in [2.24, 2.45) is 11.7 Å². The van der Waals surface area contributed by atoms with Crippen molar-refractivity contribution in [3.05, 3.63) is 59.7 Å². The Balaban J connectivity index is 1.46. The third-order valence-corrected chi connectivity index (χ3v) is 5.90. The zero-order chi connectivity index (χ0) is 23.6. The fourth-order valence-electron chi connectivity index (χ4n) is 3.93. The summed E-state index contributed by atoms with van der Waals surface area (Å²) in [6.45, 7) is 1.33. The van der Waals surface area contributed by atoms with E-state index in [9.17, 15) is 9.59 Å². The van der Waals surface area contributed by atoms with Crippen LogP contribution in [0.15, 0.2) is 48.5 Å². The number of likely N-dealkylation sites (tertiary alicyclic amines) is 1. The van der Waals surface area contributed by atoms with E-state index in [4.69, 9.17) is 19.9 Å². The molecule has 1 saturated heterocycles. The molecule has 0 aliphatic carbocycles. The molecule has 0 saturated carbocycles. The van der Waals surface area contributed by atoms with E-state index in [2.05, 4.69) is 12.1 Å². The Kier molecular flexibility index (Phi) is 8.75. The molecule has 0 spiro atoms. The van der Waals surface area contributed by atoms with Crippen LogP contribution in [0.4, 0.5) is 0 Å². The van der Waals surface area contributed by atoms with Gasteiger partial charge in [-0.05, 0) is 73.1 Å². The molecule has 2 N–H and O–H groups in total. The largest absolute Gasteiger partial charge is 0.497 e. The molecular formula is C26H32N2O5. The van der Waals surface area contributed by atoms with Crippen LogP contribution in [-0.4, -0.2) is 50.6 Å². The first-order valence-corrected chi connectivity index (χ1v) is 11.2. The van der Waals surface area contributed by atoms with Gasteiger partial charge in [-0.2, -0.15) is 0 Å². The van der Waals surface area contributed by atoms with E-state index in [0.717, 1.165) is 50.1 Å². The standard InChI is InChI=1S/C26H32N2O5/c1-31-22-9-5-19(6-10-22)3-4-20-13-15-28(16-14-20)26(30)12-8-21-7-11-23(24(17-21)32-2)33-18-25(27)29/h5-12,17,20H,3-4,13-16,18H2,1-2H3,(H2,27,29)/b12-8+. The summed E-state index contributed by atoms with van der Waals surface area (Å²) < 4.78 is 15.8. The Bertz CT molecular complexity index is 963. The highest BCUT2D eigenvalue weighted by atomic mass is 16.5. The van der Waals surface area contributed by atoms with E-state index in [1.54, 1.807) is 37.5 Å². The number of nitrogens with two attached hydrogens (primary N) is 1. The molecule has 0 radical (unpaired) electrons. The van der Waals surface area contributed by atoms with Crippen LogP contribution in [0.2, 0.25) is 0 Å². The second-order valence-corrected chi connectivity index (χ2v) is 8.15. The lowest BCUT2D eigenvalue weighted by Gasteiger charge is -2.31. The zero-order valence-electron chi connectivity index (χ0n) is 19.3. The maximum absolute atomic E-state index is 12.6. The summed E-state index contributed by atoms with van der Waals surface area (Å²) in [5, 5.41) is 0. The molecule has 2 amide bonds. The van der Waals surface area contributed by atoms with E-state index in [1.807, 2.05) is 17.0 Å². The molecule has 1 heterocycles. The van der Waals surface area contributed by atoms with Crippen molar-refractivity contribution in [3.8, 4) is 17.2 Å². The van der Waals surface area contributed by atoms with Crippen molar-refractivity contribution < 1.29 is 23.8 Å². The van der Waals surface area contributed by atoms with Crippen LogP contribution in [0.1, 0.15) is 30.4 Å². The average Bonchev–Trinajstić information content (AvgIpc) is 2.85. The van der Waals surface area contributed by atoms with Crippen molar-refractivity contribution in [2.45, 2.75) is 25.7 Å². The second kappa shape index (κ2) is 11.9. The molecule has 0 unspecified atom stereocenters. The lowest BCUT2D eigenvalue weighted by Crippen LogP contribution is -2.37. The number of ether oxygens (including phenoxy) is 3. The van der Waals surface area contributed by atoms with Gasteiger partial charge >= 0.3 is 0 Å². The minimum atomic E-state index is -0.559. The topological polar surface area (TPSA) is 91.1 Å². The van der Waals surface area contributed by atoms with Gasteiger partial charge in [0.15, 0.2) is 18.1 Å². The smallest absolute Gasteiger partial charge is 0.255 e.